The van der Waals surface area contributed by atoms with E-state index >= 15 is 0 Å². The fourth-order valence-corrected chi connectivity index (χ4v) is 4.74. The van der Waals surface area contributed by atoms with Crippen molar-refractivity contribution in [3.05, 3.63) is 70.3 Å². The molecule has 0 aromatic heterocycles. The zero-order valence-electron chi connectivity index (χ0n) is 15.0. The van der Waals surface area contributed by atoms with Crippen LogP contribution in [-0.2, 0) is 16.6 Å². The van der Waals surface area contributed by atoms with Crippen LogP contribution >= 0.6 is 0 Å². The summed E-state index contributed by atoms with van der Waals surface area (Å²) in [6.07, 6.45) is 1.64. The predicted molar refractivity (Wildman–Crippen MR) is 103 cm³/mol. The quantitative estimate of drug-likeness (QED) is 0.581. The van der Waals surface area contributed by atoms with Gasteiger partial charge in [-0.2, -0.15) is 4.31 Å². The van der Waals surface area contributed by atoms with E-state index < -0.39 is 14.9 Å². The molecule has 0 bridgehead atoms. The molecule has 0 radical (unpaired) electrons. The van der Waals surface area contributed by atoms with Crippen LogP contribution in [0.1, 0.15) is 18.4 Å². The summed E-state index contributed by atoms with van der Waals surface area (Å²) < 4.78 is 26.8. The minimum atomic E-state index is -3.40. The lowest BCUT2D eigenvalue weighted by Gasteiger charge is -2.31. The summed E-state index contributed by atoms with van der Waals surface area (Å²) in [5.41, 5.74) is 1.08. The summed E-state index contributed by atoms with van der Waals surface area (Å²) in [4.78, 5) is 10.6. The highest BCUT2D eigenvalue weighted by Crippen LogP contribution is 2.23. The van der Waals surface area contributed by atoms with Gasteiger partial charge in [-0.15, -0.1) is 0 Å². The molecule has 2 aromatic rings. The Bertz CT molecular complexity index is 862. The van der Waals surface area contributed by atoms with Gasteiger partial charge in [-0.3, -0.25) is 10.1 Å². The maximum Gasteiger partial charge on any atom is 0.269 e. The fourth-order valence-electron chi connectivity index (χ4n) is 3.25. The van der Waals surface area contributed by atoms with Gasteiger partial charge >= 0.3 is 0 Å². The SMILES string of the molecule is O=[N+]([O-])c1ccc(CNCC2CCN(S(=O)(=O)c3ccccc3)CC2)cc1. The Hall–Kier alpha value is -2.29. The minimum Gasteiger partial charge on any atom is -0.312 e. The second-order valence-corrected chi connectivity index (χ2v) is 8.65. The van der Waals surface area contributed by atoms with Crippen LogP contribution in [-0.4, -0.2) is 37.3 Å². The lowest BCUT2D eigenvalue weighted by atomic mass is 9.98. The van der Waals surface area contributed by atoms with Crippen LogP contribution < -0.4 is 5.32 Å². The highest BCUT2D eigenvalue weighted by Gasteiger charge is 2.28. The number of nitrogens with one attached hydrogen (secondary N) is 1. The van der Waals surface area contributed by atoms with E-state index in [0.717, 1.165) is 24.9 Å². The second kappa shape index (κ2) is 8.60. The Morgan fingerprint density at radius 1 is 1.04 bits per heavy atom. The van der Waals surface area contributed by atoms with Crippen LogP contribution in [0, 0.1) is 16.0 Å². The van der Waals surface area contributed by atoms with Gasteiger partial charge in [0.25, 0.3) is 5.69 Å². The zero-order chi connectivity index (χ0) is 19.3. The van der Waals surface area contributed by atoms with Gasteiger partial charge in [0.1, 0.15) is 0 Å². The first-order valence-electron chi connectivity index (χ1n) is 8.96. The number of sulfonamides is 1. The summed E-state index contributed by atoms with van der Waals surface area (Å²) in [6, 6.07) is 15.1. The topological polar surface area (TPSA) is 92.6 Å². The third kappa shape index (κ3) is 4.91. The summed E-state index contributed by atoms with van der Waals surface area (Å²) in [7, 11) is -3.40. The largest absolute Gasteiger partial charge is 0.312 e. The fraction of sp³-hybridized carbons (Fsp3) is 0.368. The number of hydrogen-bond acceptors (Lipinski definition) is 5. The molecule has 2 aromatic carbocycles. The van der Waals surface area contributed by atoms with Gasteiger partial charge in [-0.1, -0.05) is 30.3 Å². The first-order valence-corrected chi connectivity index (χ1v) is 10.4. The summed E-state index contributed by atoms with van der Waals surface area (Å²) in [5, 5.41) is 14.0. The summed E-state index contributed by atoms with van der Waals surface area (Å²) in [6.45, 7) is 2.50. The Morgan fingerprint density at radius 2 is 1.67 bits per heavy atom. The summed E-state index contributed by atoms with van der Waals surface area (Å²) in [5.74, 6) is 0.422. The lowest BCUT2D eigenvalue weighted by molar-refractivity contribution is -0.384. The minimum absolute atomic E-state index is 0.0887. The zero-order valence-corrected chi connectivity index (χ0v) is 15.8. The Morgan fingerprint density at radius 3 is 2.26 bits per heavy atom. The second-order valence-electron chi connectivity index (χ2n) is 6.71. The van der Waals surface area contributed by atoms with Crippen LogP contribution in [0.4, 0.5) is 5.69 Å². The smallest absolute Gasteiger partial charge is 0.269 e. The van der Waals surface area contributed by atoms with Crippen molar-refractivity contribution in [1.82, 2.24) is 9.62 Å². The highest BCUT2D eigenvalue weighted by molar-refractivity contribution is 7.89. The number of nitro benzene ring substituents is 1. The third-order valence-electron chi connectivity index (χ3n) is 4.86. The Balaban J connectivity index is 1.45. The van der Waals surface area contributed by atoms with Crippen molar-refractivity contribution in [1.29, 1.82) is 0 Å². The molecule has 1 heterocycles. The molecule has 144 valence electrons. The van der Waals surface area contributed by atoms with E-state index in [1.54, 1.807) is 40.7 Å². The van der Waals surface area contributed by atoms with Gasteiger partial charge in [0, 0.05) is 31.8 Å². The maximum absolute atomic E-state index is 12.6. The molecule has 1 fully saturated rings. The molecule has 1 N–H and O–H groups in total. The van der Waals surface area contributed by atoms with Gasteiger partial charge in [-0.25, -0.2) is 8.42 Å². The van der Waals surface area contributed by atoms with E-state index in [1.807, 2.05) is 6.07 Å². The van der Waals surface area contributed by atoms with Gasteiger partial charge in [0.15, 0.2) is 0 Å². The molecule has 0 amide bonds. The maximum atomic E-state index is 12.6. The number of piperidine rings is 1. The van der Waals surface area contributed by atoms with Crippen molar-refractivity contribution < 1.29 is 13.3 Å². The summed E-state index contributed by atoms with van der Waals surface area (Å²) >= 11 is 0. The van der Waals surface area contributed by atoms with Crippen molar-refractivity contribution in [2.45, 2.75) is 24.3 Å². The molecular weight excluding hydrogens is 366 g/mol. The van der Waals surface area contributed by atoms with Gasteiger partial charge < -0.3 is 5.32 Å². The molecule has 0 spiro atoms. The average Bonchev–Trinajstić information content (AvgIpc) is 2.69. The van der Waals surface area contributed by atoms with Crippen molar-refractivity contribution in [3.63, 3.8) is 0 Å². The number of rotatable bonds is 7. The molecule has 27 heavy (non-hydrogen) atoms. The van der Waals surface area contributed by atoms with Gasteiger partial charge in [0.05, 0.1) is 9.82 Å². The lowest BCUT2D eigenvalue weighted by Crippen LogP contribution is -2.40. The van der Waals surface area contributed by atoms with Crippen LogP contribution in [0.25, 0.3) is 0 Å². The molecule has 3 rings (SSSR count). The highest BCUT2D eigenvalue weighted by atomic mass is 32.2. The van der Waals surface area contributed by atoms with Crippen molar-refractivity contribution in [2.24, 2.45) is 5.92 Å². The first kappa shape index (κ1) is 19.5. The van der Waals surface area contributed by atoms with E-state index in [-0.39, 0.29) is 5.69 Å². The third-order valence-corrected chi connectivity index (χ3v) is 6.78. The number of nitro groups is 1. The van der Waals surface area contributed by atoms with E-state index in [1.165, 1.54) is 12.1 Å². The van der Waals surface area contributed by atoms with Crippen molar-refractivity contribution in [3.8, 4) is 0 Å². The molecule has 1 saturated heterocycles. The number of non-ortho nitro benzene ring substituents is 1. The monoisotopic (exact) mass is 389 g/mol. The molecule has 0 atom stereocenters. The molecule has 0 unspecified atom stereocenters. The molecule has 0 saturated carbocycles. The molecule has 1 aliphatic rings. The molecular formula is C19H23N3O4S. The van der Waals surface area contributed by atoms with Gasteiger partial charge in [-0.05, 0) is 43.0 Å². The number of nitrogens with zero attached hydrogens (tertiary/aromatic N) is 2. The number of hydrogen-bond donors (Lipinski definition) is 1. The average molecular weight is 389 g/mol. The van der Waals surface area contributed by atoms with E-state index in [2.05, 4.69) is 5.32 Å². The molecule has 8 heteroatoms. The molecule has 0 aliphatic carbocycles. The Kier molecular flexibility index (Phi) is 6.20. The number of benzene rings is 2. The first-order chi connectivity index (χ1) is 13.0. The molecule has 1 aliphatic heterocycles. The normalized spacial score (nSPS) is 16.3. The molecule has 7 nitrogen and oxygen atoms in total. The van der Waals surface area contributed by atoms with Crippen LogP contribution in [0.15, 0.2) is 59.5 Å². The van der Waals surface area contributed by atoms with Crippen LogP contribution in [0.3, 0.4) is 0 Å². The van der Waals surface area contributed by atoms with E-state index in [0.29, 0.717) is 30.4 Å². The van der Waals surface area contributed by atoms with Crippen molar-refractivity contribution in [2.75, 3.05) is 19.6 Å². The standard InChI is InChI=1S/C19H23N3O4S/c23-22(24)18-8-6-16(7-9-18)14-20-15-17-10-12-21(13-11-17)27(25,26)19-4-2-1-3-5-19/h1-9,17,20H,10-15H2. The van der Waals surface area contributed by atoms with Gasteiger partial charge in [0.2, 0.25) is 10.0 Å². The van der Waals surface area contributed by atoms with E-state index in [4.69, 9.17) is 0 Å². The predicted octanol–water partition coefficient (Wildman–Crippen LogP) is 2.79. The van der Waals surface area contributed by atoms with E-state index in [9.17, 15) is 18.5 Å². The Labute approximate surface area is 159 Å². The van der Waals surface area contributed by atoms with Crippen LogP contribution in [0.2, 0.25) is 0 Å². The van der Waals surface area contributed by atoms with Crippen molar-refractivity contribution >= 4 is 15.7 Å². The van der Waals surface area contributed by atoms with Crippen LogP contribution in [0.5, 0.6) is 0 Å².